The molecule has 1 saturated heterocycles. The standard InChI is InChI=1S/C12H18N2S2/c1-2-4-11(3-1)12(15-7-8-16-12)9-14-6-5-13-10-14/h5-6,10-11H,1-4,7-9H2. The van der Waals surface area contributed by atoms with Gasteiger partial charge in [0.1, 0.15) is 0 Å². The first-order chi connectivity index (χ1) is 7.89. The van der Waals surface area contributed by atoms with Crippen LogP contribution in [0.1, 0.15) is 25.7 Å². The molecule has 2 aliphatic rings. The molecular formula is C12H18N2S2. The van der Waals surface area contributed by atoms with Gasteiger partial charge in [-0.15, -0.1) is 23.5 Å². The molecule has 88 valence electrons. The predicted octanol–water partition coefficient (Wildman–Crippen LogP) is 3.25. The van der Waals surface area contributed by atoms with Gasteiger partial charge in [-0.05, 0) is 18.8 Å². The van der Waals surface area contributed by atoms with E-state index in [0.29, 0.717) is 4.08 Å². The molecule has 1 aliphatic heterocycles. The van der Waals surface area contributed by atoms with Crippen LogP contribution in [0, 0.1) is 5.92 Å². The van der Waals surface area contributed by atoms with Crippen LogP contribution in [0.25, 0.3) is 0 Å². The van der Waals surface area contributed by atoms with E-state index in [2.05, 4.69) is 39.3 Å². The molecule has 0 aromatic carbocycles. The van der Waals surface area contributed by atoms with Crippen LogP contribution in [-0.2, 0) is 6.54 Å². The Hall–Kier alpha value is -0.0900. The monoisotopic (exact) mass is 254 g/mol. The Kier molecular flexibility index (Phi) is 3.20. The molecule has 0 amide bonds. The Labute approximate surface area is 106 Å². The first kappa shape index (κ1) is 11.0. The molecule has 0 bridgehead atoms. The highest BCUT2D eigenvalue weighted by Gasteiger charge is 2.44. The van der Waals surface area contributed by atoms with E-state index >= 15 is 0 Å². The molecule has 1 saturated carbocycles. The van der Waals surface area contributed by atoms with E-state index in [0.717, 1.165) is 12.5 Å². The smallest absolute Gasteiger partial charge is 0.0946 e. The van der Waals surface area contributed by atoms with Crippen molar-refractivity contribution >= 4 is 23.5 Å². The fraction of sp³-hybridized carbons (Fsp3) is 0.750. The number of hydrogen-bond acceptors (Lipinski definition) is 3. The summed E-state index contributed by atoms with van der Waals surface area (Å²) in [5, 5.41) is 0. The second-order valence-electron chi connectivity index (χ2n) is 4.73. The Morgan fingerprint density at radius 1 is 1.25 bits per heavy atom. The molecule has 3 rings (SSSR count). The SMILES string of the molecule is c1cn(CC2(C3CCCC3)SCCS2)cn1. The van der Waals surface area contributed by atoms with Gasteiger partial charge in [-0.2, -0.15) is 0 Å². The van der Waals surface area contributed by atoms with Crippen LogP contribution in [0.5, 0.6) is 0 Å². The summed E-state index contributed by atoms with van der Waals surface area (Å²) in [7, 11) is 0. The fourth-order valence-electron chi connectivity index (χ4n) is 2.93. The minimum atomic E-state index is 0.456. The van der Waals surface area contributed by atoms with E-state index in [9.17, 15) is 0 Å². The lowest BCUT2D eigenvalue weighted by molar-refractivity contribution is 0.444. The zero-order chi connectivity index (χ0) is 10.8. The summed E-state index contributed by atoms with van der Waals surface area (Å²) in [6.45, 7) is 1.15. The zero-order valence-electron chi connectivity index (χ0n) is 9.47. The number of thioether (sulfide) groups is 2. The summed E-state index contributed by atoms with van der Waals surface area (Å²) in [4.78, 5) is 4.17. The molecule has 2 heterocycles. The van der Waals surface area contributed by atoms with Crippen molar-refractivity contribution in [3.63, 3.8) is 0 Å². The largest absolute Gasteiger partial charge is 0.335 e. The molecule has 0 unspecified atom stereocenters. The molecule has 4 heteroatoms. The van der Waals surface area contributed by atoms with Crippen LogP contribution in [0.4, 0.5) is 0 Å². The van der Waals surface area contributed by atoms with E-state index in [1.807, 2.05) is 12.5 Å². The first-order valence-electron chi connectivity index (χ1n) is 6.13. The van der Waals surface area contributed by atoms with Crippen molar-refractivity contribution in [3.8, 4) is 0 Å². The third kappa shape index (κ3) is 2.02. The summed E-state index contributed by atoms with van der Waals surface area (Å²) in [5.41, 5.74) is 0. The number of nitrogens with zero attached hydrogens (tertiary/aromatic N) is 2. The quantitative estimate of drug-likeness (QED) is 0.824. The zero-order valence-corrected chi connectivity index (χ0v) is 11.1. The van der Waals surface area contributed by atoms with Gasteiger partial charge in [0.05, 0.1) is 10.4 Å². The second-order valence-corrected chi connectivity index (χ2v) is 7.83. The summed E-state index contributed by atoms with van der Waals surface area (Å²) in [5.74, 6) is 3.58. The van der Waals surface area contributed by atoms with E-state index < -0.39 is 0 Å². The molecule has 1 aromatic heterocycles. The van der Waals surface area contributed by atoms with Crippen molar-refractivity contribution in [1.29, 1.82) is 0 Å². The lowest BCUT2D eigenvalue weighted by Gasteiger charge is -2.33. The maximum Gasteiger partial charge on any atom is 0.0946 e. The van der Waals surface area contributed by atoms with Crippen molar-refractivity contribution in [1.82, 2.24) is 9.55 Å². The van der Waals surface area contributed by atoms with Crippen LogP contribution in [0.3, 0.4) is 0 Å². The van der Waals surface area contributed by atoms with Crippen molar-refractivity contribution in [2.75, 3.05) is 11.5 Å². The number of aromatic nitrogens is 2. The normalized spacial score (nSPS) is 25.2. The predicted molar refractivity (Wildman–Crippen MR) is 71.8 cm³/mol. The van der Waals surface area contributed by atoms with E-state index in [4.69, 9.17) is 0 Å². The van der Waals surface area contributed by atoms with Gasteiger partial charge in [0.25, 0.3) is 0 Å². The van der Waals surface area contributed by atoms with Gasteiger partial charge in [0, 0.05) is 30.4 Å². The van der Waals surface area contributed by atoms with Crippen LogP contribution in [0.15, 0.2) is 18.7 Å². The third-order valence-corrected chi connectivity index (χ3v) is 7.40. The van der Waals surface area contributed by atoms with Crippen molar-refractivity contribution in [3.05, 3.63) is 18.7 Å². The summed E-state index contributed by atoms with van der Waals surface area (Å²) in [6.07, 6.45) is 11.7. The van der Waals surface area contributed by atoms with Crippen LogP contribution < -0.4 is 0 Å². The number of imidazole rings is 1. The summed E-state index contributed by atoms with van der Waals surface area (Å²) < 4.78 is 2.72. The molecule has 1 aliphatic carbocycles. The maximum absolute atomic E-state index is 4.17. The second kappa shape index (κ2) is 4.65. The fourth-order valence-corrected chi connectivity index (χ4v) is 6.54. The average Bonchev–Trinajstić information content (AvgIpc) is 3.00. The molecule has 2 nitrogen and oxygen atoms in total. The van der Waals surface area contributed by atoms with E-state index in [-0.39, 0.29) is 0 Å². The van der Waals surface area contributed by atoms with Crippen LogP contribution >= 0.6 is 23.5 Å². The highest BCUT2D eigenvalue weighted by Crippen LogP contribution is 2.54. The molecule has 1 aromatic rings. The summed E-state index contributed by atoms with van der Waals surface area (Å²) in [6, 6.07) is 0. The lowest BCUT2D eigenvalue weighted by Crippen LogP contribution is -2.32. The maximum atomic E-state index is 4.17. The third-order valence-electron chi connectivity index (χ3n) is 3.72. The Balaban J connectivity index is 1.79. The number of hydrogen-bond donors (Lipinski definition) is 0. The molecule has 0 radical (unpaired) electrons. The Morgan fingerprint density at radius 3 is 2.62 bits per heavy atom. The van der Waals surface area contributed by atoms with Gasteiger partial charge in [0.15, 0.2) is 0 Å². The van der Waals surface area contributed by atoms with E-state index in [1.165, 1.54) is 37.2 Å². The topological polar surface area (TPSA) is 17.8 Å². The minimum Gasteiger partial charge on any atom is -0.335 e. The van der Waals surface area contributed by atoms with Gasteiger partial charge in [-0.3, -0.25) is 0 Å². The molecular weight excluding hydrogens is 236 g/mol. The Bertz CT molecular complexity index is 325. The average molecular weight is 254 g/mol. The lowest BCUT2D eigenvalue weighted by atomic mass is 10.0. The summed E-state index contributed by atoms with van der Waals surface area (Å²) >= 11 is 4.40. The molecule has 2 fully saturated rings. The molecule has 16 heavy (non-hydrogen) atoms. The molecule has 0 atom stereocenters. The molecule has 0 N–H and O–H groups in total. The van der Waals surface area contributed by atoms with Gasteiger partial charge in [0.2, 0.25) is 0 Å². The van der Waals surface area contributed by atoms with E-state index in [1.54, 1.807) is 0 Å². The van der Waals surface area contributed by atoms with Crippen molar-refractivity contribution in [2.24, 2.45) is 5.92 Å². The minimum absolute atomic E-state index is 0.456. The van der Waals surface area contributed by atoms with Crippen LogP contribution in [0.2, 0.25) is 0 Å². The van der Waals surface area contributed by atoms with Crippen molar-refractivity contribution in [2.45, 2.75) is 36.3 Å². The highest BCUT2D eigenvalue weighted by atomic mass is 32.2. The Morgan fingerprint density at radius 2 is 2.00 bits per heavy atom. The van der Waals surface area contributed by atoms with Gasteiger partial charge < -0.3 is 4.57 Å². The van der Waals surface area contributed by atoms with Crippen molar-refractivity contribution < 1.29 is 0 Å². The van der Waals surface area contributed by atoms with Gasteiger partial charge in [-0.25, -0.2) is 4.98 Å². The van der Waals surface area contributed by atoms with Gasteiger partial charge in [-0.1, -0.05) is 12.8 Å². The van der Waals surface area contributed by atoms with Crippen LogP contribution in [-0.4, -0.2) is 25.1 Å². The first-order valence-corrected chi connectivity index (χ1v) is 8.10. The van der Waals surface area contributed by atoms with Gasteiger partial charge >= 0.3 is 0 Å². The highest BCUT2D eigenvalue weighted by molar-refractivity contribution is 8.21. The molecule has 0 spiro atoms. The number of rotatable bonds is 3.